The van der Waals surface area contributed by atoms with Crippen LogP contribution >= 0.6 is 0 Å². The molecule has 37 heavy (non-hydrogen) atoms. The average molecular weight is 503 g/mol. The van der Waals surface area contributed by atoms with Crippen LogP contribution in [0.25, 0.3) is 11.0 Å². The number of fused-ring (bicyclic) bond motifs is 1. The standard InChI is InChI=1S/C29H38N6O2/c1-4-27(36)34-15-6-5-8-23(20-34)35-28-25(32-29(35)31-19-22-11-14-30-21(2)18-22)9-7-10-26(28)37-24-12-16-33(3)17-13-24/h4,7,9-11,14,18,23-24H,1,5-6,8,12-13,15-17,19-20H2,2-3H3,(H,31,32)/t23-/m1/s1. The molecular weight excluding hydrogens is 464 g/mol. The molecule has 0 bridgehead atoms. The zero-order valence-electron chi connectivity index (χ0n) is 22.0. The highest BCUT2D eigenvalue weighted by Gasteiger charge is 2.28. The van der Waals surface area contributed by atoms with E-state index in [1.807, 2.05) is 30.2 Å². The number of rotatable bonds is 7. The van der Waals surface area contributed by atoms with Gasteiger partial charge in [0, 0.05) is 44.6 Å². The molecule has 4 heterocycles. The molecule has 0 unspecified atom stereocenters. The van der Waals surface area contributed by atoms with Gasteiger partial charge in [-0.1, -0.05) is 12.6 Å². The number of imidazole rings is 1. The van der Waals surface area contributed by atoms with Gasteiger partial charge in [-0.05, 0) is 82.0 Å². The Morgan fingerprint density at radius 1 is 1.19 bits per heavy atom. The van der Waals surface area contributed by atoms with Crippen molar-refractivity contribution in [2.75, 3.05) is 38.5 Å². The lowest BCUT2D eigenvalue weighted by atomic mass is 10.1. The van der Waals surface area contributed by atoms with Gasteiger partial charge in [0.2, 0.25) is 11.9 Å². The number of nitrogens with zero attached hydrogens (tertiary/aromatic N) is 5. The predicted octanol–water partition coefficient (Wildman–Crippen LogP) is 4.56. The molecule has 1 amide bonds. The van der Waals surface area contributed by atoms with Crippen molar-refractivity contribution in [3.8, 4) is 5.75 Å². The minimum absolute atomic E-state index is 0.0131. The number of anilines is 1. The molecule has 1 N–H and O–H groups in total. The van der Waals surface area contributed by atoms with Crippen molar-refractivity contribution in [1.29, 1.82) is 0 Å². The lowest BCUT2D eigenvalue weighted by molar-refractivity contribution is -0.126. The van der Waals surface area contributed by atoms with Crippen LogP contribution in [0.4, 0.5) is 5.95 Å². The van der Waals surface area contributed by atoms with Crippen molar-refractivity contribution < 1.29 is 9.53 Å². The van der Waals surface area contributed by atoms with Gasteiger partial charge < -0.3 is 24.4 Å². The predicted molar refractivity (Wildman–Crippen MR) is 147 cm³/mol. The fourth-order valence-corrected chi connectivity index (χ4v) is 5.53. The van der Waals surface area contributed by atoms with Gasteiger partial charge in [-0.15, -0.1) is 0 Å². The van der Waals surface area contributed by atoms with Gasteiger partial charge in [0.25, 0.3) is 0 Å². The number of para-hydroxylation sites is 1. The molecule has 5 rings (SSSR count). The van der Waals surface area contributed by atoms with Gasteiger partial charge in [0.1, 0.15) is 17.4 Å². The number of ether oxygens (including phenoxy) is 1. The van der Waals surface area contributed by atoms with Gasteiger partial charge in [-0.2, -0.15) is 0 Å². The van der Waals surface area contributed by atoms with Crippen LogP contribution in [0.2, 0.25) is 0 Å². The van der Waals surface area contributed by atoms with E-state index in [2.05, 4.69) is 51.6 Å². The molecule has 2 saturated heterocycles. The van der Waals surface area contributed by atoms with Crippen molar-refractivity contribution in [3.63, 3.8) is 0 Å². The van der Waals surface area contributed by atoms with Crippen LogP contribution < -0.4 is 10.1 Å². The normalized spacial score (nSPS) is 19.5. The summed E-state index contributed by atoms with van der Waals surface area (Å²) in [5, 5.41) is 3.60. The minimum atomic E-state index is -0.0131. The summed E-state index contributed by atoms with van der Waals surface area (Å²) in [6, 6.07) is 10.3. The quantitative estimate of drug-likeness (QED) is 0.477. The first-order valence-corrected chi connectivity index (χ1v) is 13.4. The maximum Gasteiger partial charge on any atom is 0.246 e. The molecule has 2 aromatic heterocycles. The first-order chi connectivity index (χ1) is 18.0. The Hall–Kier alpha value is -3.39. The van der Waals surface area contributed by atoms with E-state index in [0.717, 1.165) is 85.7 Å². The topological polar surface area (TPSA) is 75.5 Å². The van der Waals surface area contributed by atoms with Crippen LogP contribution in [0.15, 0.2) is 49.2 Å². The van der Waals surface area contributed by atoms with Gasteiger partial charge >= 0.3 is 0 Å². The second kappa shape index (κ2) is 11.3. The van der Waals surface area contributed by atoms with Gasteiger partial charge in [-0.25, -0.2) is 4.98 Å². The summed E-state index contributed by atoms with van der Waals surface area (Å²) in [6.45, 7) is 9.83. The summed E-state index contributed by atoms with van der Waals surface area (Å²) >= 11 is 0. The third kappa shape index (κ3) is 5.80. The lowest BCUT2D eigenvalue weighted by Crippen LogP contribution is -2.36. The summed E-state index contributed by atoms with van der Waals surface area (Å²) in [6.07, 6.45) is 8.48. The number of pyridine rings is 1. The maximum atomic E-state index is 12.6. The van der Waals surface area contributed by atoms with Gasteiger partial charge in [-0.3, -0.25) is 9.78 Å². The maximum absolute atomic E-state index is 12.6. The highest BCUT2D eigenvalue weighted by Crippen LogP contribution is 2.36. The summed E-state index contributed by atoms with van der Waals surface area (Å²) in [7, 11) is 2.16. The average Bonchev–Trinajstić information content (AvgIpc) is 3.10. The number of likely N-dealkylation sites (tertiary alicyclic amines) is 2. The van der Waals surface area contributed by atoms with Crippen LogP contribution in [0.1, 0.15) is 49.4 Å². The van der Waals surface area contributed by atoms with E-state index in [4.69, 9.17) is 9.72 Å². The summed E-state index contributed by atoms with van der Waals surface area (Å²) in [4.78, 5) is 26.2. The lowest BCUT2D eigenvalue weighted by Gasteiger charge is -2.30. The molecule has 8 nitrogen and oxygen atoms in total. The van der Waals surface area contributed by atoms with E-state index in [1.165, 1.54) is 6.08 Å². The Balaban J connectivity index is 1.53. The Bertz CT molecular complexity index is 1250. The second-order valence-corrected chi connectivity index (χ2v) is 10.3. The molecule has 0 spiro atoms. The van der Waals surface area contributed by atoms with Gasteiger partial charge in [0.05, 0.1) is 11.6 Å². The third-order valence-corrected chi connectivity index (χ3v) is 7.54. The Morgan fingerprint density at radius 3 is 2.81 bits per heavy atom. The van der Waals surface area contributed by atoms with Crippen molar-refractivity contribution >= 4 is 22.9 Å². The van der Waals surface area contributed by atoms with Crippen molar-refractivity contribution in [1.82, 2.24) is 24.3 Å². The van der Waals surface area contributed by atoms with Crippen molar-refractivity contribution in [3.05, 3.63) is 60.4 Å². The van der Waals surface area contributed by atoms with Gasteiger partial charge in [0.15, 0.2) is 0 Å². The number of amides is 1. The first kappa shape index (κ1) is 25.3. The molecule has 1 atom stereocenters. The van der Waals surface area contributed by atoms with Crippen LogP contribution in [-0.2, 0) is 11.3 Å². The minimum Gasteiger partial charge on any atom is -0.488 e. The Kier molecular flexibility index (Phi) is 7.74. The Morgan fingerprint density at radius 2 is 2.03 bits per heavy atom. The van der Waals surface area contributed by atoms with Crippen LogP contribution in [0, 0.1) is 6.92 Å². The number of aryl methyl sites for hydroxylation is 1. The van der Waals surface area contributed by atoms with E-state index in [0.29, 0.717) is 13.1 Å². The van der Waals surface area contributed by atoms with E-state index >= 15 is 0 Å². The summed E-state index contributed by atoms with van der Waals surface area (Å²) in [5.74, 6) is 1.67. The fourth-order valence-electron chi connectivity index (χ4n) is 5.53. The zero-order valence-corrected chi connectivity index (χ0v) is 22.0. The monoisotopic (exact) mass is 502 g/mol. The number of carbonyl (C=O) groups is 1. The fraction of sp³-hybridized carbons (Fsp3) is 0.483. The highest BCUT2D eigenvalue weighted by molar-refractivity contribution is 5.87. The number of aromatic nitrogens is 3. The van der Waals surface area contributed by atoms with E-state index in [-0.39, 0.29) is 18.1 Å². The molecule has 0 radical (unpaired) electrons. The SMILES string of the molecule is C=CC(=O)N1CCCC[C@@H](n2c(NCc3ccnc(C)c3)nc3cccc(OC4CCN(C)CC4)c32)C1. The molecule has 3 aromatic rings. The zero-order chi connectivity index (χ0) is 25.8. The van der Waals surface area contributed by atoms with E-state index in [9.17, 15) is 4.79 Å². The summed E-state index contributed by atoms with van der Waals surface area (Å²) in [5.41, 5.74) is 4.06. The molecule has 2 fully saturated rings. The van der Waals surface area contributed by atoms with E-state index in [1.54, 1.807) is 0 Å². The number of carbonyl (C=O) groups excluding carboxylic acids is 1. The third-order valence-electron chi connectivity index (χ3n) is 7.54. The van der Waals surface area contributed by atoms with Crippen molar-refractivity contribution in [2.24, 2.45) is 0 Å². The van der Waals surface area contributed by atoms with Crippen LogP contribution in [0.5, 0.6) is 5.75 Å². The number of hydrogen-bond acceptors (Lipinski definition) is 6. The molecule has 1 aromatic carbocycles. The molecule has 196 valence electrons. The van der Waals surface area contributed by atoms with Crippen LogP contribution in [0.3, 0.4) is 0 Å². The number of hydrogen-bond donors (Lipinski definition) is 1. The number of piperidine rings is 1. The number of benzene rings is 1. The molecular formula is C29H38N6O2. The van der Waals surface area contributed by atoms with Crippen molar-refractivity contribution in [2.45, 2.75) is 57.7 Å². The van der Waals surface area contributed by atoms with Crippen LogP contribution in [-0.4, -0.2) is 69.6 Å². The second-order valence-electron chi connectivity index (χ2n) is 10.3. The largest absolute Gasteiger partial charge is 0.488 e. The first-order valence-electron chi connectivity index (χ1n) is 13.4. The molecule has 0 saturated carbocycles. The Labute approximate surface area is 219 Å². The smallest absolute Gasteiger partial charge is 0.246 e. The number of nitrogens with one attached hydrogen (secondary N) is 1. The molecule has 0 aliphatic carbocycles. The molecule has 2 aliphatic rings. The summed E-state index contributed by atoms with van der Waals surface area (Å²) < 4.78 is 8.94. The molecule has 2 aliphatic heterocycles. The van der Waals surface area contributed by atoms with E-state index < -0.39 is 0 Å². The molecule has 8 heteroatoms. The highest BCUT2D eigenvalue weighted by atomic mass is 16.5.